The van der Waals surface area contributed by atoms with Gasteiger partial charge in [0.2, 0.25) is 0 Å². The van der Waals surface area contributed by atoms with E-state index in [9.17, 15) is 0 Å². The van der Waals surface area contributed by atoms with Crippen molar-refractivity contribution in [3.8, 4) is 0 Å². The zero-order valence-corrected chi connectivity index (χ0v) is 11.1. The van der Waals surface area contributed by atoms with Crippen molar-refractivity contribution in [2.75, 3.05) is 17.6 Å². The molecule has 0 bridgehead atoms. The summed E-state index contributed by atoms with van der Waals surface area (Å²) < 4.78 is 0. The Balaban J connectivity index is 2.00. The molecule has 0 spiro atoms. The van der Waals surface area contributed by atoms with E-state index in [2.05, 4.69) is 17.2 Å². The van der Waals surface area contributed by atoms with Gasteiger partial charge in [0.1, 0.15) is 0 Å². The monoisotopic (exact) mass is 267 g/mol. The van der Waals surface area contributed by atoms with Gasteiger partial charge in [-0.2, -0.15) is 0 Å². The molecule has 1 heterocycles. The zero-order valence-electron chi connectivity index (χ0n) is 9.48. The minimum atomic E-state index is 0.355. The van der Waals surface area contributed by atoms with Crippen LogP contribution in [0, 0.1) is 0 Å². The average Bonchev–Trinajstić information content (AvgIpc) is 2.83. The molecule has 0 saturated heterocycles. The second-order valence-electron chi connectivity index (χ2n) is 3.88. The first-order valence-electron chi connectivity index (χ1n) is 5.35. The molecule has 1 aromatic carbocycles. The number of nitrogens with two attached hydrogens (primary N) is 1. The molecular weight excluding hydrogens is 254 g/mol. The van der Waals surface area contributed by atoms with Gasteiger partial charge in [-0.3, -0.25) is 0 Å². The van der Waals surface area contributed by atoms with Crippen molar-refractivity contribution in [3.05, 3.63) is 39.8 Å². The van der Waals surface area contributed by atoms with Crippen LogP contribution >= 0.6 is 22.9 Å². The topological polar surface area (TPSA) is 50.9 Å². The van der Waals surface area contributed by atoms with Gasteiger partial charge in [0.25, 0.3) is 0 Å². The highest BCUT2D eigenvalue weighted by atomic mass is 35.5. The lowest BCUT2D eigenvalue weighted by Gasteiger charge is -2.13. The molecule has 0 aliphatic carbocycles. The van der Waals surface area contributed by atoms with Crippen LogP contribution in [0.3, 0.4) is 0 Å². The average molecular weight is 268 g/mol. The van der Waals surface area contributed by atoms with Crippen molar-refractivity contribution in [2.45, 2.75) is 12.8 Å². The van der Waals surface area contributed by atoms with Gasteiger partial charge >= 0.3 is 0 Å². The van der Waals surface area contributed by atoms with Crippen LogP contribution in [0.5, 0.6) is 0 Å². The summed E-state index contributed by atoms with van der Waals surface area (Å²) in [5.74, 6) is 0.355. The van der Waals surface area contributed by atoms with Gasteiger partial charge < -0.3 is 11.1 Å². The molecule has 2 rings (SSSR count). The third-order valence-electron chi connectivity index (χ3n) is 2.49. The van der Waals surface area contributed by atoms with E-state index < -0.39 is 0 Å². The van der Waals surface area contributed by atoms with Gasteiger partial charge in [0, 0.05) is 29.1 Å². The third kappa shape index (κ3) is 3.11. The fraction of sp³-hybridized carbons (Fsp3) is 0.250. The fourth-order valence-electron chi connectivity index (χ4n) is 1.51. The number of nitrogens with zero attached hydrogens (tertiary/aromatic N) is 1. The number of hydrogen-bond donors (Lipinski definition) is 2. The predicted octanol–water partition coefficient (Wildman–Crippen LogP) is 3.59. The van der Waals surface area contributed by atoms with Crippen LogP contribution < -0.4 is 11.1 Å². The van der Waals surface area contributed by atoms with Gasteiger partial charge in [-0.05, 0) is 18.2 Å². The maximum Gasteiger partial charge on any atom is 0.0970 e. The van der Waals surface area contributed by atoms with Crippen molar-refractivity contribution < 1.29 is 0 Å². The Labute approximate surface area is 110 Å². The molecule has 1 atom stereocenters. The molecule has 0 aliphatic heterocycles. The van der Waals surface area contributed by atoms with Crippen molar-refractivity contribution in [3.63, 3.8) is 0 Å². The highest BCUT2D eigenvalue weighted by molar-refractivity contribution is 7.09. The van der Waals surface area contributed by atoms with E-state index in [1.807, 2.05) is 17.6 Å². The Kier molecular flexibility index (Phi) is 3.86. The van der Waals surface area contributed by atoms with Gasteiger partial charge in [-0.25, -0.2) is 4.98 Å². The first-order valence-corrected chi connectivity index (χ1v) is 6.61. The number of rotatable bonds is 4. The van der Waals surface area contributed by atoms with E-state index >= 15 is 0 Å². The fourth-order valence-corrected chi connectivity index (χ4v) is 2.38. The van der Waals surface area contributed by atoms with Gasteiger partial charge in [-0.1, -0.05) is 18.5 Å². The van der Waals surface area contributed by atoms with Gasteiger partial charge in [0.05, 0.1) is 16.4 Å². The predicted molar refractivity (Wildman–Crippen MR) is 74.9 cm³/mol. The summed E-state index contributed by atoms with van der Waals surface area (Å²) in [5, 5.41) is 7.09. The summed E-state index contributed by atoms with van der Waals surface area (Å²) >= 11 is 7.59. The van der Waals surface area contributed by atoms with Crippen LogP contribution in [0.2, 0.25) is 5.02 Å². The Morgan fingerprint density at radius 1 is 1.53 bits per heavy atom. The van der Waals surface area contributed by atoms with Crippen LogP contribution in [0.15, 0.2) is 29.8 Å². The largest absolute Gasteiger partial charge is 0.397 e. The summed E-state index contributed by atoms with van der Waals surface area (Å²) in [6.45, 7) is 2.92. The van der Waals surface area contributed by atoms with E-state index in [4.69, 9.17) is 17.3 Å². The summed E-state index contributed by atoms with van der Waals surface area (Å²) in [4.78, 5) is 4.29. The van der Waals surface area contributed by atoms with E-state index in [0.29, 0.717) is 16.6 Å². The lowest BCUT2D eigenvalue weighted by atomic mass is 10.2. The number of aromatic nitrogens is 1. The van der Waals surface area contributed by atoms with Crippen LogP contribution in [0.25, 0.3) is 0 Å². The molecule has 5 heteroatoms. The molecule has 0 radical (unpaired) electrons. The smallest absolute Gasteiger partial charge is 0.0970 e. The molecule has 1 aromatic heterocycles. The number of halogens is 1. The van der Waals surface area contributed by atoms with Crippen molar-refractivity contribution >= 4 is 34.3 Å². The number of nitrogen functional groups attached to an aromatic ring is 1. The van der Waals surface area contributed by atoms with Crippen LogP contribution in [0.4, 0.5) is 11.4 Å². The Hall–Kier alpha value is -1.26. The Bertz CT molecular complexity index is 485. The lowest BCUT2D eigenvalue weighted by Crippen LogP contribution is -2.10. The minimum Gasteiger partial charge on any atom is -0.397 e. The number of hydrogen-bond acceptors (Lipinski definition) is 4. The SMILES string of the molecule is CC(CNc1cc(Cl)ccc1N)c1nccs1. The highest BCUT2D eigenvalue weighted by Gasteiger charge is 2.08. The molecule has 0 saturated carbocycles. The summed E-state index contributed by atoms with van der Waals surface area (Å²) in [6.07, 6.45) is 1.82. The van der Waals surface area contributed by atoms with Crippen LogP contribution in [-0.2, 0) is 0 Å². The number of benzene rings is 1. The maximum absolute atomic E-state index is 5.93. The molecule has 0 amide bonds. The molecule has 1 unspecified atom stereocenters. The van der Waals surface area contributed by atoms with Crippen molar-refractivity contribution in [2.24, 2.45) is 0 Å². The maximum atomic E-state index is 5.93. The molecular formula is C12H14ClN3S. The summed E-state index contributed by atoms with van der Waals surface area (Å²) in [7, 11) is 0. The Morgan fingerprint density at radius 2 is 2.35 bits per heavy atom. The number of anilines is 2. The quantitative estimate of drug-likeness (QED) is 0.833. The van der Waals surface area contributed by atoms with E-state index in [-0.39, 0.29) is 0 Å². The molecule has 17 heavy (non-hydrogen) atoms. The molecule has 0 fully saturated rings. The van der Waals surface area contributed by atoms with Crippen LogP contribution in [0.1, 0.15) is 17.8 Å². The summed E-state index contributed by atoms with van der Waals surface area (Å²) in [5.41, 5.74) is 7.45. The van der Waals surface area contributed by atoms with Gasteiger partial charge in [-0.15, -0.1) is 11.3 Å². The third-order valence-corrected chi connectivity index (χ3v) is 3.73. The molecule has 3 nitrogen and oxygen atoms in total. The van der Waals surface area contributed by atoms with Crippen molar-refractivity contribution in [1.82, 2.24) is 4.98 Å². The normalized spacial score (nSPS) is 12.4. The molecule has 0 aliphatic rings. The lowest BCUT2D eigenvalue weighted by molar-refractivity contribution is 0.795. The number of thiazole rings is 1. The van der Waals surface area contributed by atoms with Crippen LogP contribution in [-0.4, -0.2) is 11.5 Å². The first-order chi connectivity index (χ1) is 8.16. The molecule has 3 N–H and O–H groups in total. The zero-order chi connectivity index (χ0) is 12.3. The van der Waals surface area contributed by atoms with E-state index in [1.54, 1.807) is 23.5 Å². The number of nitrogens with one attached hydrogen (secondary N) is 1. The van der Waals surface area contributed by atoms with E-state index in [0.717, 1.165) is 17.2 Å². The highest BCUT2D eigenvalue weighted by Crippen LogP contribution is 2.24. The second kappa shape index (κ2) is 5.38. The van der Waals surface area contributed by atoms with E-state index in [1.165, 1.54) is 0 Å². The summed E-state index contributed by atoms with van der Waals surface area (Å²) in [6, 6.07) is 5.43. The van der Waals surface area contributed by atoms with Gasteiger partial charge in [0.15, 0.2) is 0 Å². The first kappa shape index (κ1) is 12.2. The molecule has 2 aromatic rings. The second-order valence-corrected chi connectivity index (χ2v) is 5.25. The molecule has 90 valence electrons. The Morgan fingerprint density at radius 3 is 3.06 bits per heavy atom. The minimum absolute atomic E-state index is 0.355. The van der Waals surface area contributed by atoms with Crippen molar-refractivity contribution in [1.29, 1.82) is 0 Å². The standard InChI is InChI=1S/C12H14ClN3S/c1-8(12-15-4-5-17-12)7-16-11-6-9(13)2-3-10(11)14/h2-6,8,16H,7,14H2,1H3.